The van der Waals surface area contributed by atoms with Crippen molar-refractivity contribution in [2.45, 2.75) is 32.7 Å². The molecule has 1 aliphatic rings. The second-order valence-electron chi connectivity index (χ2n) is 5.66. The summed E-state index contributed by atoms with van der Waals surface area (Å²) < 4.78 is 0. The van der Waals surface area contributed by atoms with Gasteiger partial charge in [-0.25, -0.2) is 4.98 Å². The molecule has 1 aromatic heterocycles. The lowest BCUT2D eigenvalue weighted by Gasteiger charge is -2.30. The number of piperidine rings is 1. The number of anilines is 2. The van der Waals surface area contributed by atoms with Crippen LogP contribution in [0.3, 0.4) is 0 Å². The summed E-state index contributed by atoms with van der Waals surface area (Å²) in [7, 11) is 0. The van der Waals surface area contributed by atoms with Crippen LogP contribution in [-0.2, 0) is 0 Å². The Balaban J connectivity index is 2.06. The third kappa shape index (κ3) is 3.61. The predicted molar refractivity (Wildman–Crippen MR) is 83.1 cm³/mol. The van der Waals surface area contributed by atoms with E-state index >= 15 is 0 Å². The van der Waals surface area contributed by atoms with Crippen LogP contribution in [0, 0.1) is 5.92 Å². The van der Waals surface area contributed by atoms with E-state index in [4.69, 9.17) is 11.5 Å². The Labute approximate surface area is 123 Å². The lowest BCUT2D eigenvalue weighted by molar-refractivity contribution is 0.0953. The minimum Gasteiger partial charge on any atom is -0.382 e. The monoisotopic (exact) mass is 297 g/mol. The van der Waals surface area contributed by atoms with Crippen molar-refractivity contribution in [1.82, 2.24) is 10.3 Å². The van der Waals surface area contributed by atoms with E-state index in [2.05, 4.69) is 29.0 Å². The summed E-state index contributed by atoms with van der Waals surface area (Å²) in [6.45, 7) is 6.45. The lowest BCUT2D eigenvalue weighted by Crippen LogP contribution is -2.42. The molecule has 0 spiro atoms. The van der Waals surface area contributed by atoms with E-state index in [1.54, 1.807) is 0 Å². The highest BCUT2D eigenvalue weighted by atomic mass is 32.1. The van der Waals surface area contributed by atoms with Gasteiger partial charge in [-0.2, -0.15) is 0 Å². The average Bonchev–Trinajstić information content (AvgIpc) is 2.78. The molecule has 1 unspecified atom stereocenters. The van der Waals surface area contributed by atoms with E-state index in [1.165, 1.54) is 11.3 Å². The van der Waals surface area contributed by atoms with Gasteiger partial charge in [-0.1, -0.05) is 25.2 Å². The third-order valence-electron chi connectivity index (χ3n) is 3.25. The highest BCUT2D eigenvalue weighted by molar-refractivity contribution is 7.18. The van der Waals surface area contributed by atoms with Gasteiger partial charge in [0, 0.05) is 25.7 Å². The Morgan fingerprint density at radius 1 is 1.60 bits per heavy atom. The van der Waals surface area contributed by atoms with Gasteiger partial charge < -0.3 is 21.7 Å². The van der Waals surface area contributed by atoms with Gasteiger partial charge in [0.1, 0.15) is 10.7 Å². The second-order valence-corrected chi connectivity index (χ2v) is 6.64. The first-order chi connectivity index (χ1) is 9.47. The van der Waals surface area contributed by atoms with Gasteiger partial charge >= 0.3 is 0 Å². The van der Waals surface area contributed by atoms with Gasteiger partial charge in [0.05, 0.1) is 0 Å². The molecule has 0 aliphatic carbocycles. The topological polar surface area (TPSA) is 97.3 Å². The van der Waals surface area contributed by atoms with E-state index in [9.17, 15) is 4.79 Å². The Bertz CT molecular complexity index is 473. The van der Waals surface area contributed by atoms with Crippen LogP contribution in [0.25, 0.3) is 0 Å². The molecule has 112 valence electrons. The van der Waals surface area contributed by atoms with Gasteiger partial charge in [-0.15, -0.1) is 0 Å². The number of nitrogens with one attached hydrogen (secondary N) is 1. The normalized spacial score (nSPS) is 19.4. The zero-order chi connectivity index (χ0) is 14.7. The maximum absolute atomic E-state index is 12.1. The summed E-state index contributed by atoms with van der Waals surface area (Å²) in [5.41, 5.74) is 11.8. The summed E-state index contributed by atoms with van der Waals surface area (Å²) in [5, 5.41) is 3.67. The zero-order valence-electron chi connectivity index (χ0n) is 12.1. The molecule has 0 aromatic carbocycles. The Hall–Kier alpha value is -1.34. The van der Waals surface area contributed by atoms with Crippen LogP contribution in [0.1, 0.15) is 36.4 Å². The van der Waals surface area contributed by atoms with E-state index in [-0.39, 0.29) is 11.9 Å². The third-order valence-corrected chi connectivity index (χ3v) is 4.38. The van der Waals surface area contributed by atoms with Crippen LogP contribution in [0.5, 0.6) is 0 Å². The van der Waals surface area contributed by atoms with Crippen LogP contribution < -0.4 is 21.7 Å². The Kier molecular flexibility index (Phi) is 4.82. The molecule has 1 fully saturated rings. The van der Waals surface area contributed by atoms with E-state index in [0.717, 1.165) is 31.1 Å². The fourth-order valence-corrected chi connectivity index (χ4v) is 3.12. The van der Waals surface area contributed by atoms with Crippen LogP contribution >= 0.6 is 11.3 Å². The molecule has 1 amide bonds. The lowest BCUT2D eigenvalue weighted by atomic mass is 10.1. The molecule has 0 radical (unpaired) electrons. The Morgan fingerprint density at radius 3 is 3.00 bits per heavy atom. The quantitative estimate of drug-likeness (QED) is 0.771. The second kappa shape index (κ2) is 6.41. The number of rotatable bonds is 4. The largest absolute Gasteiger partial charge is 0.382 e. The summed E-state index contributed by atoms with van der Waals surface area (Å²) in [5.74, 6) is 0.583. The highest BCUT2D eigenvalue weighted by Crippen LogP contribution is 2.29. The molecule has 0 saturated carbocycles. The highest BCUT2D eigenvalue weighted by Gasteiger charge is 2.23. The molecular formula is C13H23N5OS. The van der Waals surface area contributed by atoms with Crippen molar-refractivity contribution in [3.8, 4) is 0 Å². The first kappa shape index (κ1) is 15.1. The molecule has 5 N–H and O–H groups in total. The van der Waals surface area contributed by atoms with Gasteiger partial charge in [0.25, 0.3) is 5.91 Å². The van der Waals surface area contributed by atoms with Crippen LogP contribution in [0.4, 0.5) is 10.9 Å². The molecule has 2 rings (SSSR count). The maximum atomic E-state index is 12.1. The first-order valence-corrected chi connectivity index (χ1v) is 7.84. The van der Waals surface area contributed by atoms with E-state index in [1.807, 2.05) is 0 Å². The van der Waals surface area contributed by atoms with Crippen LogP contribution in [0.2, 0.25) is 0 Å². The van der Waals surface area contributed by atoms with Crippen molar-refractivity contribution in [3.63, 3.8) is 0 Å². The molecule has 20 heavy (non-hydrogen) atoms. The number of nitrogen functional groups attached to an aromatic ring is 1. The average molecular weight is 297 g/mol. The molecule has 6 nitrogen and oxygen atoms in total. The summed E-state index contributed by atoms with van der Waals surface area (Å²) in [6.07, 6.45) is 2.09. The summed E-state index contributed by atoms with van der Waals surface area (Å²) in [4.78, 5) is 19.0. The number of carbonyl (C=O) groups is 1. The van der Waals surface area contributed by atoms with E-state index in [0.29, 0.717) is 23.2 Å². The van der Waals surface area contributed by atoms with Crippen molar-refractivity contribution in [2.75, 3.05) is 30.3 Å². The standard InChI is InChI=1S/C13H23N5OS/c1-8(2)6-16-12(19)10-11(15)17-13(20-10)18-5-3-4-9(14)7-18/h8-9H,3-7,14-15H2,1-2H3,(H,16,19). The van der Waals surface area contributed by atoms with Crippen molar-refractivity contribution in [1.29, 1.82) is 0 Å². The molecule has 1 aliphatic heterocycles. The molecule has 1 aromatic rings. The van der Waals surface area contributed by atoms with Crippen molar-refractivity contribution >= 4 is 28.2 Å². The number of amides is 1. The van der Waals surface area contributed by atoms with Crippen molar-refractivity contribution < 1.29 is 4.79 Å². The molecule has 2 heterocycles. The smallest absolute Gasteiger partial charge is 0.265 e. The van der Waals surface area contributed by atoms with Crippen LogP contribution in [0.15, 0.2) is 0 Å². The number of carbonyl (C=O) groups excluding carboxylic acids is 1. The van der Waals surface area contributed by atoms with Gasteiger partial charge in [0.2, 0.25) is 0 Å². The Morgan fingerprint density at radius 2 is 2.35 bits per heavy atom. The number of thiazole rings is 1. The number of aromatic nitrogens is 1. The van der Waals surface area contributed by atoms with E-state index < -0.39 is 0 Å². The molecule has 0 bridgehead atoms. The fourth-order valence-electron chi connectivity index (χ4n) is 2.18. The summed E-state index contributed by atoms with van der Waals surface area (Å²) >= 11 is 1.35. The van der Waals surface area contributed by atoms with Gasteiger partial charge in [-0.3, -0.25) is 4.79 Å². The van der Waals surface area contributed by atoms with Crippen molar-refractivity contribution in [3.05, 3.63) is 4.88 Å². The summed E-state index contributed by atoms with van der Waals surface area (Å²) in [6, 6.07) is 0.173. The molecular weight excluding hydrogens is 274 g/mol. The maximum Gasteiger partial charge on any atom is 0.265 e. The minimum atomic E-state index is -0.138. The SMILES string of the molecule is CC(C)CNC(=O)c1sc(N2CCCC(N)C2)nc1N. The number of hydrogen-bond donors (Lipinski definition) is 3. The van der Waals surface area contributed by atoms with Gasteiger partial charge in [-0.05, 0) is 18.8 Å². The van der Waals surface area contributed by atoms with Gasteiger partial charge in [0.15, 0.2) is 5.13 Å². The van der Waals surface area contributed by atoms with Crippen LogP contribution in [-0.4, -0.2) is 36.6 Å². The molecule has 7 heteroatoms. The number of nitrogens with two attached hydrogens (primary N) is 2. The van der Waals surface area contributed by atoms with Crippen molar-refractivity contribution in [2.24, 2.45) is 11.7 Å². The molecule has 1 saturated heterocycles. The zero-order valence-corrected chi connectivity index (χ0v) is 12.9. The minimum absolute atomic E-state index is 0.138. The fraction of sp³-hybridized carbons (Fsp3) is 0.692. The number of hydrogen-bond acceptors (Lipinski definition) is 6. The predicted octanol–water partition coefficient (Wildman–Crippen LogP) is 1.04. The first-order valence-electron chi connectivity index (χ1n) is 7.02. The number of nitrogens with zero attached hydrogens (tertiary/aromatic N) is 2. The molecule has 1 atom stereocenters.